The van der Waals surface area contributed by atoms with Crippen LogP contribution >= 0.6 is 7.82 Å². The van der Waals surface area contributed by atoms with Crippen LogP contribution in [0.15, 0.2) is 0 Å². The third kappa shape index (κ3) is 385. The van der Waals surface area contributed by atoms with Crippen LogP contribution in [-0.4, -0.2) is 31.2 Å². The van der Waals surface area contributed by atoms with Gasteiger partial charge in [0.05, 0.1) is 0 Å². The molecule has 7 heteroatoms. The lowest BCUT2D eigenvalue weighted by atomic mass is 13.9. The number of nitrogens with two attached hydrogens (primary N) is 1. The molecule has 0 aliphatic carbocycles. The minimum atomic E-state index is -4.64. The average molecular weight is 143 g/mol. The van der Waals surface area contributed by atoms with Gasteiger partial charge in [0.15, 0.2) is 0 Å². The van der Waals surface area contributed by atoms with Gasteiger partial charge in [-0.2, -0.15) is 0 Å². The Hall–Kier alpha value is 0.602. The van der Waals surface area contributed by atoms with Crippen LogP contribution in [0.25, 0.3) is 0 Å². The lowest BCUT2D eigenvalue weighted by molar-refractivity contribution is 0.275. The third-order valence-corrected chi connectivity index (χ3v) is 0. The summed E-state index contributed by atoms with van der Waals surface area (Å²) in [5.41, 5.74) is 0. The molecule has 5 N–H and O–H groups in total. The first-order valence-electron chi connectivity index (χ1n) is 1.36. The predicted octanol–water partition coefficient (Wildman–Crippen LogP) is -2.44. The predicted molar refractivity (Wildman–Crippen MR) is 27.0 cm³/mol. The van der Waals surface area contributed by atoms with E-state index in [0.29, 0.717) is 0 Å². The van der Waals surface area contributed by atoms with Crippen molar-refractivity contribution in [2.75, 3.05) is 0 Å². The Labute approximate surface area is 49.0 Å². The molecule has 7 heavy (non-hydrogen) atoms. The molecule has 0 bridgehead atoms. The summed E-state index contributed by atoms with van der Waals surface area (Å²) < 4.78 is 13.5. The standard InChI is InChI=1S/Al.H2N.H3O4P.2H/c;;1-5(2,3)4;;/h;1H2;(H3,1,2,3,4);;/q+1;-1;;;. The Kier molecular flexibility index (Phi) is 7.17. The van der Waals surface area contributed by atoms with E-state index in [4.69, 9.17) is 19.2 Å². The first-order chi connectivity index (χ1) is 3.00. The molecule has 0 aromatic carbocycles. The highest BCUT2D eigenvalue weighted by Gasteiger charge is 2.00. The number of hydrogen-bond acceptors (Lipinski definition) is 2. The zero-order chi connectivity index (χ0) is 6.50. The molecule has 0 saturated carbocycles. The van der Waals surface area contributed by atoms with Gasteiger partial charge in [-0.25, -0.2) is 4.57 Å². The highest BCUT2D eigenvalue weighted by atomic mass is 31.2. The summed E-state index contributed by atoms with van der Waals surface area (Å²) in [5, 5.41) is 0. The maximum absolute atomic E-state index is 8.88. The summed E-state index contributed by atoms with van der Waals surface area (Å²) >= 11 is 0.806. The fourth-order valence-electron chi connectivity index (χ4n) is 0. The van der Waals surface area contributed by atoms with Crippen molar-refractivity contribution in [3.63, 3.8) is 0 Å². The van der Waals surface area contributed by atoms with Gasteiger partial charge in [0.25, 0.3) is 0 Å². The highest BCUT2D eigenvalue weighted by molar-refractivity contribution is 7.45. The van der Waals surface area contributed by atoms with E-state index in [0.717, 1.165) is 16.5 Å². The number of phosphoric acid groups is 1. The molecule has 0 aromatic rings. The lowest BCUT2D eigenvalue weighted by Gasteiger charge is -1.82. The molecule has 0 atom stereocenters. The second-order valence-electron chi connectivity index (χ2n) is 0.513. The first-order valence-corrected chi connectivity index (χ1v) is 4.08. The molecule has 0 saturated heterocycles. The molecular weight excluding hydrogens is 136 g/mol. The molecule has 0 aromatic heterocycles. The Morgan fingerprint density at radius 1 is 1.29 bits per heavy atom. The summed E-state index contributed by atoms with van der Waals surface area (Å²) in [6.45, 7) is 0. The van der Waals surface area contributed by atoms with Crippen LogP contribution < -0.4 is 4.72 Å². The van der Waals surface area contributed by atoms with E-state index in [9.17, 15) is 0 Å². The Bertz CT molecular complexity index is 57.8. The molecule has 44 valence electrons. The molecule has 0 aliphatic heterocycles. The molecule has 0 rings (SSSR count). The van der Waals surface area contributed by atoms with Crippen LogP contribution in [-0.2, 0) is 4.57 Å². The largest absolute Gasteiger partial charge is 0.466 e. The van der Waals surface area contributed by atoms with Gasteiger partial charge in [0.1, 0.15) is 0 Å². The van der Waals surface area contributed by atoms with E-state index in [-0.39, 0.29) is 0 Å². The monoisotopic (exact) mass is 143 g/mol. The fraction of sp³-hybridized carbons (Fsp3) is 0. The maximum atomic E-state index is 8.88. The van der Waals surface area contributed by atoms with Crippen molar-refractivity contribution in [3.05, 3.63) is 0 Å². The van der Waals surface area contributed by atoms with Crippen LogP contribution in [0, 0.1) is 0 Å². The van der Waals surface area contributed by atoms with Gasteiger partial charge in [0, 0.05) is 0 Å². The van der Waals surface area contributed by atoms with Crippen molar-refractivity contribution >= 4 is 24.3 Å². The molecule has 0 amide bonds. The Balaban J connectivity index is 0. The van der Waals surface area contributed by atoms with Gasteiger partial charge in [-0.15, -0.1) is 0 Å². The molecule has 0 fully saturated rings. The summed E-state index contributed by atoms with van der Waals surface area (Å²) in [6, 6.07) is 0. The second-order valence-corrected chi connectivity index (χ2v) is 1.54. The van der Waals surface area contributed by atoms with Crippen molar-refractivity contribution in [2.45, 2.75) is 0 Å². The van der Waals surface area contributed by atoms with E-state index in [1.165, 1.54) is 0 Å². The number of hydrogen-bond donors (Lipinski definition) is 4. The van der Waals surface area contributed by atoms with Crippen molar-refractivity contribution < 1.29 is 19.2 Å². The van der Waals surface area contributed by atoms with Crippen LogP contribution in [0.4, 0.5) is 0 Å². The van der Waals surface area contributed by atoms with Crippen LogP contribution in [0.3, 0.4) is 0 Å². The summed E-state index contributed by atoms with van der Waals surface area (Å²) in [5.74, 6) is 0. The molecule has 0 unspecified atom stereocenters. The van der Waals surface area contributed by atoms with E-state index in [1.807, 2.05) is 0 Å². The SMILES string of the molecule is O=P(O)(O)O.[NH2][AlH2]. The average Bonchev–Trinajstić information content (AvgIpc) is 1.36. The minimum absolute atomic E-state index is 0.806. The molecular formula is H7AlNO4P. The quantitative estimate of drug-likeness (QED) is 0.223. The normalized spacial score (nSPS) is 9.14. The molecule has 0 heterocycles. The van der Waals surface area contributed by atoms with E-state index < -0.39 is 7.82 Å². The highest BCUT2D eigenvalue weighted by Crippen LogP contribution is 2.25. The van der Waals surface area contributed by atoms with E-state index in [2.05, 4.69) is 4.72 Å². The third-order valence-electron chi connectivity index (χ3n) is 0. The zero-order valence-corrected chi connectivity index (χ0v) is 6.67. The van der Waals surface area contributed by atoms with E-state index >= 15 is 0 Å². The van der Waals surface area contributed by atoms with Gasteiger partial charge >= 0.3 is 24.3 Å². The molecule has 0 aliphatic rings. The van der Waals surface area contributed by atoms with E-state index in [1.54, 1.807) is 0 Å². The lowest BCUT2D eigenvalue weighted by Crippen LogP contribution is -1.75. The van der Waals surface area contributed by atoms with Gasteiger partial charge in [0.2, 0.25) is 0 Å². The van der Waals surface area contributed by atoms with Crippen LogP contribution in [0.5, 0.6) is 0 Å². The zero-order valence-electron chi connectivity index (χ0n) is 3.77. The van der Waals surface area contributed by atoms with Crippen molar-refractivity contribution in [1.29, 1.82) is 0 Å². The van der Waals surface area contributed by atoms with Gasteiger partial charge in [-0.05, 0) is 0 Å². The summed E-state index contributed by atoms with van der Waals surface area (Å²) in [6.07, 6.45) is 0. The van der Waals surface area contributed by atoms with Gasteiger partial charge < -0.3 is 19.4 Å². The molecule has 0 spiro atoms. The van der Waals surface area contributed by atoms with Gasteiger partial charge in [-0.3, -0.25) is 0 Å². The van der Waals surface area contributed by atoms with Crippen molar-refractivity contribution in [3.8, 4) is 0 Å². The van der Waals surface area contributed by atoms with Crippen molar-refractivity contribution in [2.24, 2.45) is 4.72 Å². The maximum Gasteiger partial charge on any atom is 0.466 e. The fourth-order valence-corrected chi connectivity index (χ4v) is 0. The van der Waals surface area contributed by atoms with Gasteiger partial charge in [-0.1, -0.05) is 0 Å². The minimum Gasteiger partial charge on any atom is -0.418 e. The second kappa shape index (κ2) is 4.75. The first kappa shape index (κ1) is 10.6. The van der Waals surface area contributed by atoms with Crippen LogP contribution in [0.1, 0.15) is 0 Å². The molecule has 0 radical (unpaired) electrons. The smallest absolute Gasteiger partial charge is 0.418 e. The number of rotatable bonds is 0. The Morgan fingerprint density at radius 2 is 1.29 bits per heavy atom. The van der Waals surface area contributed by atoms with Crippen molar-refractivity contribution in [1.82, 2.24) is 0 Å². The summed E-state index contributed by atoms with van der Waals surface area (Å²) in [4.78, 5) is 21.6. The van der Waals surface area contributed by atoms with Crippen LogP contribution in [0.2, 0.25) is 0 Å². The topological polar surface area (TPSA) is 104 Å². The summed E-state index contributed by atoms with van der Waals surface area (Å²) in [7, 11) is -4.64. The Morgan fingerprint density at radius 3 is 1.29 bits per heavy atom. The molecule has 5 nitrogen and oxygen atoms in total.